The van der Waals surface area contributed by atoms with Crippen LogP contribution in [0.4, 0.5) is 10.1 Å². The molecule has 0 amide bonds. The third-order valence-corrected chi connectivity index (χ3v) is 5.87. The first-order chi connectivity index (χ1) is 8.92. The lowest BCUT2D eigenvalue weighted by Gasteiger charge is -2.06. The topological polar surface area (TPSA) is 66.4 Å². The van der Waals surface area contributed by atoms with Crippen molar-refractivity contribution in [3.8, 4) is 0 Å². The monoisotopic (exact) mass is 365 g/mol. The third-order valence-electron chi connectivity index (χ3n) is 2.25. The van der Waals surface area contributed by atoms with E-state index in [9.17, 15) is 12.8 Å². The van der Waals surface area contributed by atoms with E-state index in [1.165, 1.54) is 30.3 Å². The van der Waals surface area contributed by atoms with Crippen molar-refractivity contribution in [1.29, 1.82) is 0 Å². The normalized spacial score (nSPS) is 11.5. The Morgan fingerprint density at radius 2 is 1.95 bits per heavy atom. The van der Waals surface area contributed by atoms with E-state index >= 15 is 0 Å². The molecule has 2 rings (SSSR count). The average Bonchev–Trinajstić information content (AvgIpc) is 2.74. The van der Waals surface area contributed by atoms with E-state index in [1.54, 1.807) is 0 Å². The van der Waals surface area contributed by atoms with Gasteiger partial charge in [0.2, 0.25) is 0 Å². The standard InChI is InChI=1S/C11H9BrFNO3S2/c12-11-10(5-9(6-15)18-11)19(16,17)14-8-3-1-7(13)2-4-8/h1-5,14-15H,6H2. The van der Waals surface area contributed by atoms with Crippen LogP contribution < -0.4 is 4.72 Å². The Morgan fingerprint density at radius 3 is 2.47 bits per heavy atom. The van der Waals surface area contributed by atoms with Gasteiger partial charge in [0.25, 0.3) is 10.0 Å². The molecule has 1 heterocycles. The van der Waals surface area contributed by atoms with Gasteiger partial charge in [0, 0.05) is 10.6 Å². The van der Waals surface area contributed by atoms with Crippen molar-refractivity contribution in [2.75, 3.05) is 4.72 Å². The second-order valence-corrected chi connectivity index (χ2v) is 7.73. The third kappa shape index (κ3) is 3.33. The van der Waals surface area contributed by atoms with E-state index in [-0.39, 0.29) is 17.2 Å². The molecular weight excluding hydrogens is 357 g/mol. The largest absolute Gasteiger partial charge is 0.391 e. The Hall–Kier alpha value is -0.960. The minimum Gasteiger partial charge on any atom is -0.391 e. The maximum absolute atomic E-state index is 12.7. The van der Waals surface area contributed by atoms with Crippen LogP contribution in [0.2, 0.25) is 0 Å². The van der Waals surface area contributed by atoms with E-state index in [2.05, 4.69) is 20.7 Å². The Morgan fingerprint density at radius 1 is 1.32 bits per heavy atom. The van der Waals surface area contributed by atoms with Gasteiger partial charge in [0.15, 0.2) is 0 Å². The molecule has 8 heteroatoms. The summed E-state index contributed by atoms with van der Waals surface area (Å²) in [4.78, 5) is 0.581. The molecule has 1 aromatic heterocycles. The molecular formula is C11H9BrFNO3S2. The molecule has 0 bridgehead atoms. The molecule has 2 aromatic rings. The van der Waals surface area contributed by atoms with E-state index in [0.29, 0.717) is 8.66 Å². The van der Waals surface area contributed by atoms with Gasteiger partial charge in [-0.15, -0.1) is 11.3 Å². The zero-order valence-electron chi connectivity index (χ0n) is 9.43. The molecule has 0 radical (unpaired) electrons. The molecule has 0 atom stereocenters. The van der Waals surface area contributed by atoms with E-state index in [1.807, 2.05) is 0 Å². The number of anilines is 1. The molecule has 0 unspecified atom stereocenters. The Labute approximate surface area is 122 Å². The van der Waals surface area contributed by atoms with Crippen LogP contribution in [0, 0.1) is 5.82 Å². The molecule has 0 aliphatic heterocycles. The van der Waals surface area contributed by atoms with Crippen LogP contribution in [0.3, 0.4) is 0 Å². The minimum absolute atomic E-state index is 0.0471. The minimum atomic E-state index is -3.77. The van der Waals surface area contributed by atoms with Gasteiger partial charge in [-0.1, -0.05) is 0 Å². The van der Waals surface area contributed by atoms with E-state index in [4.69, 9.17) is 5.11 Å². The molecule has 19 heavy (non-hydrogen) atoms. The van der Waals surface area contributed by atoms with Gasteiger partial charge in [-0.05, 0) is 46.3 Å². The molecule has 102 valence electrons. The van der Waals surface area contributed by atoms with Crippen molar-refractivity contribution >= 4 is 43.0 Å². The number of rotatable bonds is 4. The van der Waals surface area contributed by atoms with E-state index in [0.717, 1.165) is 11.3 Å². The van der Waals surface area contributed by atoms with Crippen molar-refractivity contribution < 1.29 is 17.9 Å². The zero-order valence-corrected chi connectivity index (χ0v) is 12.6. The number of thiophene rings is 1. The van der Waals surface area contributed by atoms with Gasteiger partial charge >= 0.3 is 0 Å². The van der Waals surface area contributed by atoms with Gasteiger partial charge in [-0.3, -0.25) is 4.72 Å². The molecule has 0 aliphatic rings. The lowest BCUT2D eigenvalue weighted by Crippen LogP contribution is -2.12. The molecule has 0 spiro atoms. The summed E-state index contributed by atoms with van der Waals surface area (Å²) in [5.41, 5.74) is 0.269. The van der Waals surface area contributed by atoms with Crippen molar-refractivity contribution in [3.63, 3.8) is 0 Å². The summed E-state index contributed by atoms with van der Waals surface area (Å²) in [6.07, 6.45) is 0. The van der Waals surface area contributed by atoms with Crippen molar-refractivity contribution in [2.24, 2.45) is 0 Å². The number of hydrogen-bond acceptors (Lipinski definition) is 4. The zero-order chi connectivity index (χ0) is 14.0. The Bertz CT molecular complexity index is 682. The maximum Gasteiger partial charge on any atom is 0.263 e. The second-order valence-electron chi connectivity index (χ2n) is 3.62. The van der Waals surface area contributed by atoms with Gasteiger partial charge in [0.05, 0.1) is 10.4 Å². The number of aliphatic hydroxyl groups is 1. The molecule has 0 saturated carbocycles. The quantitative estimate of drug-likeness (QED) is 0.875. The highest BCUT2D eigenvalue weighted by Gasteiger charge is 2.20. The molecule has 2 N–H and O–H groups in total. The van der Waals surface area contributed by atoms with Gasteiger partial charge in [0.1, 0.15) is 10.7 Å². The molecule has 0 aliphatic carbocycles. The molecule has 0 saturated heterocycles. The number of hydrogen-bond donors (Lipinski definition) is 2. The van der Waals surface area contributed by atoms with Crippen LogP contribution in [-0.2, 0) is 16.6 Å². The number of halogens is 2. The summed E-state index contributed by atoms with van der Waals surface area (Å²) in [6.45, 7) is -0.227. The fraction of sp³-hybridized carbons (Fsp3) is 0.0909. The highest BCUT2D eigenvalue weighted by atomic mass is 79.9. The SMILES string of the molecule is O=S(=O)(Nc1ccc(F)cc1)c1cc(CO)sc1Br. The summed E-state index contributed by atoms with van der Waals surface area (Å²) in [5.74, 6) is -0.442. The highest BCUT2D eigenvalue weighted by molar-refractivity contribution is 9.11. The lowest BCUT2D eigenvalue weighted by atomic mass is 10.3. The molecule has 1 aromatic carbocycles. The fourth-order valence-electron chi connectivity index (χ4n) is 1.39. The molecule has 0 fully saturated rings. The first-order valence-corrected chi connectivity index (χ1v) is 8.19. The van der Waals surface area contributed by atoms with E-state index < -0.39 is 15.8 Å². The highest BCUT2D eigenvalue weighted by Crippen LogP contribution is 2.32. The van der Waals surface area contributed by atoms with Gasteiger partial charge in [-0.2, -0.15) is 0 Å². The predicted octanol–water partition coefficient (Wildman–Crippen LogP) is 2.94. The van der Waals surface area contributed by atoms with Crippen molar-refractivity contribution in [3.05, 3.63) is 44.8 Å². The number of nitrogens with one attached hydrogen (secondary N) is 1. The summed E-state index contributed by atoms with van der Waals surface area (Å²) in [5, 5.41) is 8.99. The second kappa shape index (κ2) is 5.58. The first-order valence-electron chi connectivity index (χ1n) is 5.10. The maximum atomic E-state index is 12.7. The number of sulfonamides is 1. The molecule has 4 nitrogen and oxygen atoms in total. The predicted molar refractivity (Wildman–Crippen MR) is 75.2 cm³/mol. The first kappa shape index (κ1) is 14.4. The van der Waals surface area contributed by atoms with Crippen molar-refractivity contribution in [2.45, 2.75) is 11.5 Å². The van der Waals surface area contributed by atoms with Gasteiger partial charge < -0.3 is 5.11 Å². The summed E-state index contributed by atoms with van der Waals surface area (Å²) in [7, 11) is -3.77. The van der Waals surface area contributed by atoms with Crippen molar-refractivity contribution in [1.82, 2.24) is 0 Å². The summed E-state index contributed by atoms with van der Waals surface area (Å²) >= 11 is 4.29. The number of aliphatic hydroxyl groups excluding tert-OH is 1. The van der Waals surface area contributed by atoms with Gasteiger partial charge in [-0.25, -0.2) is 12.8 Å². The fourth-order valence-corrected chi connectivity index (χ4v) is 4.99. The Kier molecular flexibility index (Phi) is 4.24. The number of benzene rings is 1. The smallest absolute Gasteiger partial charge is 0.263 e. The lowest BCUT2D eigenvalue weighted by molar-refractivity contribution is 0.285. The summed E-state index contributed by atoms with van der Waals surface area (Å²) in [6, 6.07) is 6.39. The van der Waals surface area contributed by atoms with Crippen LogP contribution in [0.25, 0.3) is 0 Å². The van der Waals surface area contributed by atoms with Crippen LogP contribution in [-0.4, -0.2) is 13.5 Å². The van der Waals surface area contributed by atoms with Crippen LogP contribution >= 0.6 is 27.3 Å². The average molecular weight is 366 g/mol. The Balaban J connectivity index is 2.31. The van der Waals surface area contributed by atoms with Crippen LogP contribution in [0.5, 0.6) is 0 Å². The summed E-state index contributed by atoms with van der Waals surface area (Å²) < 4.78 is 39.7. The van der Waals surface area contributed by atoms with Crippen LogP contribution in [0.15, 0.2) is 39.0 Å². The van der Waals surface area contributed by atoms with Crippen LogP contribution in [0.1, 0.15) is 4.88 Å².